The Morgan fingerprint density at radius 1 is 0.977 bits per heavy atom. The van der Waals surface area contributed by atoms with Crippen LogP contribution in [0.1, 0.15) is 16.4 Å². The van der Waals surface area contributed by atoms with Crippen LogP contribution in [0.15, 0.2) is 87.5 Å². The number of hydrogen-bond acceptors (Lipinski definition) is 9. The molecule has 3 aromatic carbocycles. The number of aromatic hydroxyl groups is 1. The number of sulfonamides is 1. The van der Waals surface area contributed by atoms with Crippen LogP contribution < -0.4 is 20.2 Å². The molecule has 4 N–H and O–H groups in total. The number of halogens is 1. The van der Waals surface area contributed by atoms with Crippen molar-refractivity contribution in [2.75, 3.05) is 10.2 Å². The van der Waals surface area contributed by atoms with E-state index >= 15 is 0 Å². The average molecular weight is 657 g/mol. The second kappa shape index (κ2) is 11.0. The number of nitrogens with zero attached hydrogens (tertiary/aromatic N) is 2. The van der Waals surface area contributed by atoms with E-state index in [1.807, 2.05) is 0 Å². The number of hydrogen-bond donors (Lipinski definition) is 3. The van der Waals surface area contributed by atoms with Crippen LogP contribution in [0.2, 0.25) is 5.02 Å². The Kier molecular flexibility index (Phi) is 7.42. The SMILES string of the molecule is NS(=O)(=O)c1ccc(NC(=O)Cn2c3c(sc2=O)C(c2ccccc2O)C2C(=O)N(c4ccc(Cl)cc4)C(=O)C2S3)cc1. The summed E-state index contributed by atoms with van der Waals surface area (Å²) in [5, 5.41) is 18.4. The van der Waals surface area contributed by atoms with Gasteiger partial charge in [0.15, 0.2) is 0 Å². The predicted octanol–water partition coefficient (Wildman–Crippen LogP) is 3.35. The van der Waals surface area contributed by atoms with Crippen LogP contribution in [0.4, 0.5) is 11.4 Å². The van der Waals surface area contributed by atoms with Crippen molar-refractivity contribution in [3.63, 3.8) is 0 Å². The van der Waals surface area contributed by atoms with Crippen LogP contribution in [-0.4, -0.2) is 41.1 Å². The van der Waals surface area contributed by atoms with Gasteiger partial charge in [0.05, 0.1) is 21.5 Å². The van der Waals surface area contributed by atoms with Crippen molar-refractivity contribution in [3.05, 3.63) is 97.9 Å². The van der Waals surface area contributed by atoms with E-state index in [0.717, 1.165) is 28.0 Å². The largest absolute Gasteiger partial charge is 0.508 e. The number of amides is 3. The van der Waals surface area contributed by atoms with Crippen molar-refractivity contribution in [3.8, 4) is 5.75 Å². The number of aromatic nitrogens is 1. The van der Waals surface area contributed by atoms with E-state index in [0.29, 0.717) is 26.2 Å². The van der Waals surface area contributed by atoms with Gasteiger partial charge in [0.25, 0.3) is 0 Å². The number of nitrogens with two attached hydrogens (primary N) is 1. The molecule has 3 heterocycles. The first-order valence-electron chi connectivity index (χ1n) is 12.7. The number of nitrogens with one attached hydrogen (secondary N) is 1. The van der Waals surface area contributed by atoms with Gasteiger partial charge in [-0.25, -0.2) is 18.5 Å². The third-order valence-electron chi connectivity index (χ3n) is 7.17. The van der Waals surface area contributed by atoms with Gasteiger partial charge in [-0.1, -0.05) is 52.9 Å². The normalized spacial score (nSPS) is 19.7. The van der Waals surface area contributed by atoms with Gasteiger partial charge in [0.1, 0.15) is 17.5 Å². The Labute approximate surface area is 257 Å². The summed E-state index contributed by atoms with van der Waals surface area (Å²) in [6.45, 7) is -0.414. The number of thioether (sulfide) groups is 1. The second-order valence-corrected chi connectivity index (χ2v) is 14.0. The summed E-state index contributed by atoms with van der Waals surface area (Å²) in [6, 6.07) is 17.9. The molecule has 15 heteroatoms. The van der Waals surface area contributed by atoms with Crippen molar-refractivity contribution in [1.82, 2.24) is 4.57 Å². The molecule has 4 aromatic rings. The Balaban J connectivity index is 1.37. The van der Waals surface area contributed by atoms with E-state index in [2.05, 4.69) is 5.32 Å². The van der Waals surface area contributed by atoms with Crippen molar-refractivity contribution >= 4 is 73.8 Å². The molecule has 3 amide bonds. The fourth-order valence-electron chi connectivity index (χ4n) is 5.26. The molecule has 220 valence electrons. The third-order valence-corrected chi connectivity index (χ3v) is 11.0. The Morgan fingerprint density at radius 3 is 2.30 bits per heavy atom. The van der Waals surface area contributed by atoms with Gasteiger partial charge in [0, 0.05) is 27.1 Å². The summed E-state index contributed by atoms with van der Waals surface area (Å²) in [7, 11) is -3.91. The fourth-order valence-corrected chi connectivity index (χ4v) is 8.66. The van der Waals surface area contributed by atoms with Gasteiger partial charge in [-0.05, 0) is 54.6 Å². The van der Waals surface area contributed by atoms with Gasteiger partial charge in [0.2, 0.25) is 27.7 Å². The smallest absolute Gasteiger partial charge is 0.308 e. The molecule has 0 aliphatic carbocycles. The van der Waals surface area contributed by atoms with Crippen LogP contribution in [0.25, 0.3) is 0 Å². The van der Waals surface area contributed by atoms with Crippen LogP contribution in [0.3, 0.4) is 0 Å². The number of carbonyl (C=O) groups is 3. The lowest BCUT2D eigenvalue weighted by molar-refractivity contribution is -0.122. The molecule has 0 saturated carbocycles. The zero-order valence-corrected chi connectivity index (χ0v) is 25.0. The Hall–Kier alpha value is -3.95. The summed E-state index contributed by atoms with van der Waals surface area (Å²) < 4.78 is 24.3. The number of primary sulfonamides is 1. The van der Waals surface area contributed by atoms with Crippen molar-refractivity contribution in [1.29, 1.82) is 0 Å². The minimum atomic E-state index is -3.91. The number of benzene rings is 3. The highest BCUT2D eigenvalue weighted by atomic mass is 35.5. The topological polar surface area (TPSA) is 169 Å². The zero-order chi connectivity index (χ0) is 30.6. The number of fused-ring (bicyclic) bond motifs is 2. The van der Waals surface area contributed by atoms with Crippen molar-refractivity contribution in [2.45, 2.75) is 27.6 Å². The summed E-state index contributed by atoms with van der Waals surface area (Å²) in [4.78, 5) is 54.9. The van der Waals surface area contributed by atoms with Crippen LogP contribution >= 0.6 is 34.7 Å². The highest BCUT2D eigenvalue weighted by molar-refractivity contribution is 8.00. The zero-order valence-electron chi connectivity index (χ0n) is 21.8. The fraction of sp³-hybridized carbons (Fsp3) is 0.143. The van der Waals surface area contributed by atoms with Crippen LogP contribution in [0.5, 0.6) is 5.75 Å². The molecule has 0 radical (unpaired) electrons. The lowest BCUT2D eigenvalue weighted by Crippen LogP contribution is -2.33. The average Bonchev–Trinajstić information content (AvgIpc) is 3.40. The van der Waals surface area contributed by atoms with Gasteiger partial charge < -0.3 is 10.4 Å². The van der Waals surface area contributed by atoms with Crippen LogP contribution in [-0.2, 0) is 31.0 Å². The molecule has 1 saturated heterocycles. The van der Waals surface area contributed by atoms with Gasteiger partial charge in [-0.15, -0.1) is 0 Å². The first kappa shape index (κ1) is 29.1. The number of rotatable bonds is 6. The number of phenolic OH excluding ortho intramolecular Hbond substituents is 1. The summed E-state index contributed by atoms with van der Waals surface area (Å²) in [6.07, 6.45) is 0. The molecule has 0 bridgehead atoms. The second-order valence-electron chi connectivity index (χ2n) is 9.83. The molecule has 2 aliphatic rings. The van der Waals surface area contributed by atoms with Crippen molar-refractivity contribution < 1.29 is 27.9 Å². The minimum absolute atomic E-state index is 0.0950. The Bertz CT molecular complexity index is 1960. The first-order valence-corrected chi connectivity index (χ1v) is 16.3. The highest BCUT2D eigenvalue weighted by Gasteiger charge is 2.57. The van der Waals surface area contributed by atoms with Crippen molar-refractivity contribution in [2.24, 2.45) is 11.1 Å². The highest BCUT2D eigenvalue weighted by Crippen LogP contribution is 2.55. The number of anilines is 2. The van der Waals surface area contributed by atoms with Gasteiger partial charge in [-0.3, -0.25) is 23.7 Å². The van der Waals surface area contributed by atoms with E-state index in [-0.39, 0.29) is 16.3 Å². The van der Waals surface area contributed by atoms with E-state index in [4.69, 9.17) is 16.7 Å². The third kappa shape index (κ3) is 5.25. The molecule has 43 heavy (non-hydrogen) atoms. The molecule has 1 aromatic heterocycles. The molecule has 0 spiro atoms. The van der Waals surface area contributed by atoms with E-state index in [1.165, 1.54) is 34.9 Å². The summed E-state index contributed by atoms with van der Waals surface area (Å²) in [5.74, 6) is -3.39. The molecule has 3 atom stereocenters. The van der Waals surface area contributed by atoms with Gasteiger partial charge in [-0.2, -0.15) is 0 Å². The molecule has 2 aliphatic heterocycles. The standard InChI is InChI=1S/C28H21ClN4O7S3/c29-14-5-9-16(10-6-14)33-25(36)22-21(18-3-1-2-4-19(18)34)24-27(41-23(22)26(33)37)32(28(38)42-24)13-20(35)31-15-7-11-17(12-8-15)43(30,39)40/h1-12,21-23,34H,13H2,(H,31,35)(H2,30,39,40). The summed E-state index contributed by atoms with van der Waals surface area (Å²) in [5.41, 5.74) is 1.01. The maximum absolute atomic E-state index is 13.9. The number of imide groups is 1. The lowest BCUT2D eigenvalue weighted by Gasteiger charge is -2.31. The minimum Gasteiger partial charge on any atom is -0.508 e. The quantitative estimate of drug-likeness (QED) is 0.266. The van der Waals surface area contributed by atoms with Crippen LogP contribution in [0, 0.1) is 5.92 Å². The maximum atomic E-state index is 13.9. The molecular formula is C28H21ClN4O7S3. The van der Waals surface area contributed by atoms with E-state index in [9.17, 15) is 32.7 Å². The number of para-hydroxylation sites is 1. The van der Waals surface area contributed by atoms with E-state index < -0.39 is 56.2 Å². The molecular weight excluding hydrogens is 636 g/mol. The predicted molar refractivity (Wildman–Crippen MR) is 162 cm³/mol. The molecule has 3 unspecified atom stereocenters. The molecule has 1 fully saturated rings. The Morgan fingerprint density at radius 2 is 1.65 bits per heavy atom. The number of phenols is 1. The molecule has 6 rings (SSSR count). The molecule has 11 nitrogen and oxygen atoms in total. The van der Waals surface area contributed by atoms with E-state index in [1.54, 1.807) is 42.5 Å². The number of thiazole rings is 1. The summed E-state index contributed by atoms with van der Waals surface area (Å²) >= 11 is 7.90. The monoisotopic (exact) mass is 656 g/mol. The first-order chi connectivity index (χ1) is 20.4. The lowest BCUT2D eigenvalue weighted by atomic mass is 9.82. The number of carbonyl (C=O) groups excluding carboxylic acids is 3. The van der Waals surface area contributed by atoms with Gasteiger partial charge >= 0.3 is 4.87 Å². The maximum Gasteiger partial charge on any atom is 0.308 e.